The number of hydrogen-bond acceptors (Lipinski definition) is 2. The van der Waals surface area contributed by atoms with Crippen molar-refractivity contribution in [3.63, 3.8) is 0 Å². The van der Waals surface area contributed by atoms with Gasteiger partial charge in [0.25, 0.3) is 0 Å². The SMILES string of the molecule is Cc1ccc(C2CC(=O)C=C(Nc3ccccc3)C2)cc1. The molecule has 106 valence electrons. The molecule has 1 aliphatic carbocycles. The Bertz CT molecular complexity index is 656. The topological polar surface area (TPSA) is 29.1 Å². The fraction of sp³-hybridized carbons (Fsp3) is 0.211. The molecule has 3 rings (SSSR count). The van der Waals surface area contributed by atoms with Crippen molar-refractivity contribution in [3.05, 3.63) is 77.5 Å². The summed E-state index contributed by atoms with van der Waals surface area (Å²) in [6.07, 6.45) is 3.23. The molecule has 1 aliphatic rings. The van der Waals surface area contributed by atoms with Gasteiger partial charge < -0.3 is 5.32 Å². The second-order valence-electron chi connectivity index (χ2n) is 5.64. The Morgan fingerprint density at radius 1 is 0.952 bits per heavy atom. The zero-order chi connectivity index (χ0) is 14.7. The van der Waals surface area contributed by atoms with Gasteiger partial charge in [-0.15, -0.1) is 0 Å². The highest BCUT2D eigenvalue weighted by molar-refractivity contribution is 5.92. The van der Waals surface area contributed by atoms with Crippen molar-refractivity contribution in [2.24, 2.45) is 0 Å². The van der Waals surface area contributed by atoms with Crippen molar-refractivity contribution in [1.82, 2.24) is 0 Å². The normalized spacial score (nSPS) is 18.2. The maximum Gasteiger partial charge on any atom is 0.158 e. The first kappa shape index (κ1) is 13.6. The standard InChI is InChI=1S/C19H19NO/c1-14-7-9-15(10-8-14)16-11-18(13-19(21)12-16)20-17-5-3-2-4-6-17/h2-10,13,16,20H,11-12H2,1H3. The monoisotopic (exact) mass is 277 g/mol. The highest BCUT2D eigenvalue weighted by Crippen LogP contribution is 2.32. The summed E-state index contributed by atoms with van der Waals surface area (Å²) in [5, 5.41) is 3.36. The van der Waals surface area contributed by atoms with Crippen LogP contribution in [-0.2, 0) is 4.79 Å². The molecule has 2 heteroatoms. The van der Waals surface area contributed by atoms with E-state index in [9.17, 15) is 4.79 Å². The minimum Gasteiger partial charge on any atom is -0.359 e. The van der Waals surface area contributed by atoms with Crippen LogP contribution in [-0.4, -0.2) is 5.78 Å². The van der Waals surface area contributed by atoms with E-state index in [0.29, 0.717) is 6.42 Å². The van der Waals surface area contributed by atoms with Crippen LogP contribution in [0.1, 0.15) is 29.9 Å². The summed E-state index contributed by atoms with van der Waals surface area (Å²) < 4.78 is 0. The van der Waals surface area contributed by atoms with Gasteiger partial charge in [-0.2, -0.15) is 0 Å². The third-order valence-corrected chi connectivity index (χ3v) is 3.88. The zero-order valence-electron chi connectivity index (χ0n) is 12.2. The van der Waals surface area contributed by atoms with Crippen molar-refractivity contribution >= 4 is 11.5 Å². The third kappa shape index (κ3) is 3.40. The number of carbonyl (C=O) groups excluding carboxylic acids is 1. The van der Waals surface area contributed by atoms with E-state index >= 15 is 0 Å². The van der Waals surface area contributed by atoms with E-state index in [1.54, 1.807) is 6.08 Å². The number of hydrogen-bond donors (Lipinski definition) is 1. The van der Waals surface area contributed by atoms with Gasteiger partial charge in [-0.3, -0.25) is 4.79 Å². The molecule has 2 nitrogen and oxygen atoms in total. The van der Waals surface area contributed by atoms with Crippen LogP contribution < -0.4 is 5.32 Å². The molecule has 1 N–H and O–H groups in total. The number of carbonyl (C=O) groups is 1. The minimum absolute atomic E-state index is 0.199. The minimum atomic E-state index is 0.199. The number of para-hydroxylation sites is 1. The maximum absolute atomic E-state index is 12.0. The second-order valence-corrected chi connectivity index (χ2v) is 5.64. The van der Waals surface area contributed by atoms with Crippen molar-refractivity contribution in [2.75, 3.05) is 5.32 Å². The summed E-state index contributed by atoms with van der Waals surface area (Å²) in [7, 11) is 0. The first-order chi connectivity index (χ1) is 10.2. The molecule has 2 aromatic carbocycles. The van der Waals surface area contributed by atoms with Crippen molar-refractivity contribution in [1.29, 1.82) is 0 Å². The van der Waals surface area contributed by atoms with Crippen molar-refractivity contribution in [3.8, 4) is 0 Å². The van der Waals surface area contributed by atoms with Gasteiger partial charge in [-0.05, 0) is 37.0 Å². The molecular formula is C19H19NO. The van der Waals surface area contributed by atoms with Gasteiger partial charge in [0.2, 0.25) is 0 Å². The second kappa shape index (κ2) is 5.96. The fourth-order valence-corrected chi connectivity index (χ4v) is 2.76. The predicted octanol–water partition coefficient (Wildman–Crippen LogP) is 4.44. The van der Waals surface area contributed by atoms with E-state index in [-0.39, 0.29) is 11.7 Å². The summed E-state index contributed by atoms with van der Waals surface area (Å²) in [6.45, 7) is 2.08. The van der Waals surface area contributed by atoms with Gasteiger partial charge in [0.1, 0.15) is 0 Å². The lowest BCUT2D eigenvalue weighted by molar-refractivity contribution is -0.115. The smallest absolute Gasteiger partial charge is 0.158 e. The van der Waals surface area contributed by atoms with Crippen LogP contribution in [0.3, 0.4) is 0 Å². The Kier molecular flexibility index (Phi) is 3.87. The largest absolute Gasteiger partial charge is 0.359 e. The van der Waals surface area contributed by atoms with Crippen LogP contribution >= 0.6 is 0 Å². The van der Waals surface area contributed by atoms with Crippen molar-refractivity contribution in [2.45, 2.75) is 25.7 Å². The Balaban J connectivity index is 1.77. The Hall–Kier alpha value is -2.35. The average Bonchev–Trinajstić information content (AvgIpc) is 2.48. The van der Waals surface area contributed by atoms with Crippen LogP contribution in [0.25, 0.3) is 0 Å². The molecule has 2 aromatic rings. The van der Waals surface area contributed by atoms with Crippen LogP contribution in [0.4, 0.5) is 5.69 Å². The molecule has 0 heterocycles. The van der Waals surface area contributed by atoms with E-state index < -0.39 is 0 Å². The van der Waals surface area contributed by atoms with E-state index in [2.05, 4.69) is 36.5 Å². The van der Waals surface area contributed by atoms with Crippen molar-refractivity contribution < 1.29 is 4.79 Å². The molecule has 0 aromatic heterocycles. The molecule has 0 radical (unpaired) electrons. The highest BCUT2D eigenvalue weighted by Gasteiger charge is 2.22. The Morgan fingerprint density at radius 2 is 1.67 bits per heavy atom. The summed E-state index contributed by atoms with van der Waals surface area (Å²) in [5.41, 5.74) is 4.53. The number of ketones is 1. The van der Waals surface area contributed by atoms with E-state index in [1.807, 2.05) is 30.3 Å². The van der Waals surface area contributed by atoms with Gasteiger partial charge in [0.15, 0.2) is 5.78 Å². The number of aryl methyl sites for hydroxylation is 1. The van der Waals surface area contributed by atoms with E-state index in [4.69, 9.17) is 0 Å². The lowest BCUT2D eigenvalue weighted by Crippen LogP contribution is -2.16. The molecule has 1 unspecified atom stereocenters. The van der Waals surface area contributed by atoms with Crippen LogP contribution in [0.15, 0.2) is 66.4 Å². The fourth-order valence-electron chi connectivity index (χ4n) is 2.76. The third-order valence-electron chi connectivity index (χ3n) is 3.88. The van der Waals surface area contributed by atoms with Gasteiger partial charge in [-0.1, -0.05) is 48.0 Å². The highest BCUT2D eigenvalue weighted by atomic mass is 16.1. The molecule has 1 atom stereocenters. The first-order valence-electron chi connectivity index (χ1n) is 7.33. The molecular weight excluding hydrogens is 258 g/mol. The Labute approximate surface area is 125 Å². The van der Waals surface area contributed by atoms with Crippen LogP contribution in [0.2, 0.25) is 0 Å². The van der Waals surface area contributed by atoms with Gasteiger partial charge >= 0.3 is 0 Å². The van der Waals surface area contributed by atoms with Gasteiger partial charge in [-0.25, -0.2) is 0 Å². The average molecular weight is 277 g/mol. The van der Waals surface area contributed by atoms with E-state index in [0.717, 1.165) is 17.8 Å². The quantitative estimate of drug-likeness (QED) is 0.898. The lowest BCUT2D eigenvalue weighted by atomic mass is 9.85. The molecule has 21 heavy (non-hydrogen) atoms. The molecule has 0 saturated heterocycles. The molecule has 0 saturated carbocycles. The van der Waals surface area contributed by atoms with E-state index in [1.165, 1.54) is 11.1 Å². The number of allylic oxidation sites excluding steroid dienone is 2. The number of rotatable bonds is 3. The lowest BCUT2D eigenvalue weighted by Gasteiger charge is -2.23. The molecule has 0 spiro atoms. The van der Waals surface area contributed by atoms with Gasteiger partial charge in [0, 0.05) is 23.9 Å². The summed E-state index contributed by atoms with van der Waals surface area (Å²) in [5.74, 6) is 0.472. The zero-order valence-corrected chi connectivity index (χ0v) is 12.2. The van der Waals surface area contributed by atoms with Crippen LogP contribution in [0, 0.1) is 6.92 Å². The van der Waals surface area contributed by atoms with Gasteiger partial charge in [0.05, 0.1) is 0 Å². The molecule has 0 amide bonds. The predicted molar refractivity (Wildman–Crippen MR) is 86.3 cm³/mol. The first-order valence-corrected chi connectivity index (χ1v) is 7.33. The Morgan fingerprint density at radius 3 is 2.38 bits per heavy atom. The number of benzene rings is 2. The number of nitrogens with one attached hydrogen (secondary N) is 1. The number of anilines is 1. The summed E-state index contributed by atoms with van der Waals surface area (Å²) >= 11 is 0. The molecule has 0 aliphatic heterocycles. The summed E-state index contributed by atoms with van der Waals surface area (Å²) in [4.78, 5) is 12.0. The summed E-state index contributed by atoms with van der Waals surface area (Å²) in [6, 6.07) is 18.5. The molecule has 0 bridgehead atoms. The molecule has 0 fully saturated rings. The maximum atomic E-state index is 12.0. The van der Waals surface area contributed by atoms with Crippen LogP contribution in [0.5, 0.6) is 0 Å².